The summed E-state index contributed by atoms with van der Waals surface area (Å²) < 4.78 is 11.4. The molecule has 5 heteroatoms. The molecule has 1 unspecified atom stereocenters. The van der Waals surface area contributed by atoms with Crippen LogP contribution in [-0.2, 0) is 0 Å². The first kappa shape index (κ1) is 15.1. The molecule has 0 saturated heterocycles. The molecule has 0 aromatic heterocycles. The maximum Gasteiger partial charge on any atom is 0.161 e. The lowest BCUT2D eigenvalue weighted by Crippen LogP contribution is -2.33. The number of nitrogens with zero attached hydrogens (tertiary/aromatic N) is 1. The molecule has 0 radical (unpaired) electrons. The molecule has 1 aliphatic heterocycles. The fourth-order valence-corrected chi connectivity index (χ4v) is 2.20. The number of fused-ring (bicyclic) bond motifs is 1. The van der Waals surface area contributed by atoms with Crippen LogP contribution in [0.2, 0.25) is 0 Å². The summed E-state index contributed by atoms with van der Waals surface area (Å²) in [7, 11) is 4.12. The number of hydrogen-bond acceptors (Lipinski definition) is 5. The van der Waals surface area contributed by atoms with E-state index in [1.54, 1.807) is 0 Å². The van der Waals surface area contributed by atoms with Gasteiger partial charge in [0.2, 0.25) is 0 Å². The minimum atomic E-state index is 0.145. The second-order valence-corrected chi connectivity index (χ2v) is 5.30. The molecule has 1 aliphatic rings. The molecule has 0 bridgehead atoms. The first-order valence-electron chi connectivity index (χ1n) is 7.18. The van der Waals surface area contributed by atoms with E-state index in [4.69, 9.17) is 15.2 Å². The molecule has 0 aliphatic carbocycles. The summed E-state index contributed by atoms with van der Waals surface area (Å²) >= 11 is 0. The van der Waals surface area contributed by atoms with Crippen LogP contribution in [-0.4, -0.2) is 51.8 Å². The molecule has 0 saturated carbocycles. The second kappa shape index (κ2) is 7.47. The van der Waals surface area contributed by atoms with Gasteiger partial charge < -0.3 is 25.4 Å². The van der Waals surface area contributed by atoms with Crippen molar-refractivity contribution in [3.05, 3.63) is 23.8 Å². The van der Waals surface area contributed by atoms with Gasteiger partial charge in [0, 0.05) is 32.1 Å². The fourth-order valence-electron chi connectivity index (χ4n) is 2.20. The van der Waals surface area contributed by atoms with Crippen molar-refractivity contribution in [2.75, 3.05) is 46.9 Å². The summed E-state index contributed by atoms with van der Waals surface area (Å²) in [4.78, 5) is 2.15. The van der Waals surface area contributed by atoms with Crippen LogP contribution in [0.5, 0.6) is 11.5 Å². The zero-order valence-electron chi connectivity index (χ0n) is 12.4. The average Bonchev–Trinajstić information content (AvgIpc) is 2.67. The minimum absolute atomic E-state index is 0.145. The molecular weight excluding hydrogens is 254 g/mol. The van der Waals surface area contributed by atoms with E-state index < -0.39 is 0 Å². The van der Waals surface area contributed by atoms with Crippen LogP contribution in [0.1, 0.15) is 18.0 Å². The Balaban J connectivity index is 2.04. The molecule has 1 atom stereocenters. The number of rotatable bonds is 6. The van der Waals surface area contributed by atoms with E-state index in [1.807, 2.05) is 12.1 Å². The van der Waals surface area contributed by atoms with Gasteiger partial charge in [-0.2, -0.15) is 0 Å². The van der Waals surface area contributed by atoms with Crippen molar-refractivity contribution in [1.82, 2.24) is 10.2 Å². The van der Waals surface area contributed by atoms with Gasteiger partial charge in [0.25, 0.3) is 0 Å². The fraction of sp³-hybridized carbons (Fsp3) is 0.600. The Morgan fingerprint density at radius 3 is 2.70 bits per heavy atom. The normalized spacial score (nSPS) is 16.0. The van der Waals surface area contributed by atoms with Crippen LogP contribution < -0.4 is 20.5 Å². The van der Waals surface area contributed by atoms with Gasteiger partial charge in [-0.05, 0) is 31.8 Å². The van der Waals surface area contributed by atoms with Crippen molar-refractivity contribution in [2.45, 2.75) is 12.5 Å². The monoisotopic (exact) mass is 279 g/mol. The molecule has 112 valence electrons. The molecule has 0 spiro atoms. The Morgan fingerprint density at radius 2 is 2.00 bits per heavy atom. The number of nitrogens with one attached hydrogen (secondary N) is 1. The van der Waals surface area contributed by atoms with E-state index in [-0.39, 0.29) is 6.04 Å². The highest BCUT2D eigenvalue weighted by Gasteiger charge is 2.15. The lowest BCUT2D eigenvalue weighted by Gasteiger charge is -2.20. The first-order valence-corrected chi connectivity index (χ1v) is 7.18. The van der Waals surface area contributed by atoms with Crippen LogP contribution in [0.4, 0.5) is 0 Å². The predicted octanol–water partition coefficient (Wildman–Crippen LogP) is 0.999. The summed E-state index contributed by atoms with van der Waals surface area (Å²) in [6, 6.07) is 6.23. The molecule has 0 fully saturated rings. The summed E-state index contributed by atoms with van der Waals surface area (Å²) in [5.41, 5.74) is 7.03. The molecule has 1 heterocycles. The molecule has 0 amide bonds. The van der Waals surface area contributed by atoms with Crippen LogP contribution in [0.15, 0.2) is 18.2 Å². The van der Waals surface area contributed by atoms with Crippen LogP contribution in [0.3, 0.4) is 0 Å². The maximum atomic E-state index is 5.88. The van der Waals surface area contributed by atoms with Gasteiger partial charge in [0.05, 0.1) is 13.2 Å². The predicted molar refractivity (Wildman–Crippen MR) is 80.4 cm³/mol. The first-order chi connectivity index (χ1) is 9.70. The van der Waals surface area contributed by atoms with Crippen molar-refractivity contribution >= 4 is 0 Å². The van der Waals surface area contributed by atoms with Crippen LogP contribution >= 0.6 is 0 Å². The molecule has 1 aromatic rings. The SMILES string of the molecule is CN(C)CCNC(CN)c1ccc2c(c1)OCCCO2. The molecule has 1 aromatic carbocycles. The van der Waals surface area contributed by atoms with Gasteiger partial charge in [-0.3, -0.25) is 0 Å². The average molecular weight is 279 g/mol. The van der Waals surface area contributed by atoms with E-state index >= 15 is 0 Å². The third-order valence-corrected chi connectivity index (χ3v) is 3.36. The largest absolute Gasteiger partial charge is 0.490 e. The van der Waals surface area contributed by atoms with Crippen LogP contribution in [0.25, 0.3) is 0 Å². The Kier molecular flexibility index (Phi) is 5.64. The van der Waals surface area contributed by atoms with Gasteiger partial charge in [0.15, 0.2) is 11.5 Å². The second-order valence-electron chi connectivity index (χ2n) is 5.30. The number of likely N-dealkylation sites (N-methyl/N-ethyl adjacent to an activating group) is 1. The zero-order chi connectivity index (χ0) is 14.4. The number of benzene rings is 1. The van der Waals surface area contributed by atoms with Gasteiger partial charge in [-0.1, -0.05) is 6.07 Å². The molecular formula is C15H25N3O2. The van der Waals surface area contributed by atoms with E-state index in [0.717, 1.165) is 36.6 Å². The summed E-state index contributed by atoms with van der Waals surface area (Å²) in [6.07, 6.45) is 0.922. The maximum absolute atomic E-state index is 5.88. The van der Waals surface area contributed by atoms with Gasteiger partial charge >= 0.3 is 0 Å². The lowest BCUT2D eigenvalue weighted by molar-refractivity contribution is 0.297. The quantitative estimate of drug-likeness (QED) is 0.813. The van der Waals surface area contributed by atoms with Crippen LogP contribution in [0, 0.1) is 0 Å². The third kappa shape index (κ3) is 4.10. The Bertz CT molecular complexity index is 424. The van der Waals surface area contributed by atoms with Gasteiger partial charge in [-0.15, -0.1) is 0 Å². The lowest BCUT2D eigenvalue weighted by atomic mass is 10.1. The topological polar surface area (TPSA) is 59.8 Å². The highest BCUT2D eigenvalue weighted by molar-refractivity contribution is 5.44. The third-order valence-electron chi connectivity index (χ3n) is 3.36. The van der Waals surface area contributed by atoms with E-state index in [1.165, 1.54) is 0 Å². The van der Waals surface area contributed by atoms with E-state index in [2.05, 4.69) is 30.4 Å². The zero-order valence-corrected chi connectivity index (χ0v) is 12.4. The minimum Gasteiger partial charge on any atom is -0.490 e. The number of nitrogens with two attached hydrogens (primary N) is 1. The number of ether oxygens (including phenoxy) is 2. The molecule has 20 heavy (non-hydrogen) atoms. The molecule has 2 rings (SSSR count). The highest BCUT2D eigenvalue weighted by atomic mass is 16.5. The standard InChI is InChI=1S/C15H25N3O2/c1-18(2)7-6-17-13(11-16)12-4-5-14-15(10-12)20-9-3-8-19-14/h4-5,10,13,17H,3,6-9,11,16H2,1-2H3. The number of hydrogen-bond donors (Lipinski definition) is 2. The van der Waals surface area contributed by atoms with Crippen molar-refractivity contribution in [1.29, 1.82) is 0 Å². The summed E-state index contributed by atoms with van der Waals surface area (Å²) in [6.45, 7) is 3.88. The van der Waals surface area contributed by atoms with E-state index in [0.29, 0.717) is 19.8 Å². The van der Waals surface area contributed by atoms with Gasteiger partial charge in [-0.25, -0.2) is 0 Å². The Morgan fingerprint density at radius 1 is 1.25 bits per heavy atom. The van der Waals surface area contributed by atoms with E-state index in [9.17, 15) is 0 Å². The summed E-state index contributed by atoms with van der Waals surface area (Å²) in [5, 5.41) is 3.48. The summed E-state index contributed by atoms with van der Waals surface area (Å²) in [5.74, 6) is 1.66. The molecule has 3 N–H and O–H groups in total. The smallest absolute Gasteiger partial charge is 0.161 e. The Labute approximate surface area is 121 Å². The highest BCUT2D eigenvalue weighted by Crippen LogP contribution is 2.32. The van der Waals surface area contributed by atoms with Crippen molar-refractivity contribution in [2.24, 2.45) is 5.73 Å². The van der Waals surface area contributed by atoms with Crippen molar-refractivity contribution in [3.63, 3.8) is 0 Å². The van der Waals surface area contributed by atoms with Crippen molar-refractivity contribution in [3.8, 4) is 11.5 Å². The molecule has 5 nitrogen and oxygen atoms in total. The van der Waals surface area contributed by atoms with Gasteiger partial charge in [0.1, 0.15) is 0 Å². The Hall–Kier alpha value is -1.30. The van der Waals surface area contributed by atoms with Crippen molar-refractivity contribution < 1.29 is 9.47 Å².